The summed E-state index contributed by atoms with van der Waals surface area (Å²) in [7, 11) is 0.604. The van der Waals surface area contributed by atoms with Crippen molar-refractivity contribution in [3.05, 3.63) is 0 Å². The van der Waals surface area contributed by atoms with E-state index in [0.29, 0.717) is 19.4 Å². The summed E-state index contributed by atoms with van der Waals surface area (Å²) in [6.45, 7) is 17.1. The summed E-state index contributed by atoms with van der Waals surface area (Å²) < 4.78 is 31.6. The molecule has 6 nitrogen and oxygen atoms in total. The fourth-order valence-electron chi connectivity index (χ4n) is 7.84. The second-order valence-corrected chi connectivity index (χ2v) is 18.6. The zero-order valence-corrected chi connectivity index (χ0v) is 22.5. The lowest BCUT2D eigenvalue weighted by molar-refractivity contribution is -0.376. The molecule has 2 bridgehead atoms. The maximum Gasteiger partial charge on any atom is 0.306 e. The van der Waals surface area contributed by atoms with Crippen molar-refractivity contribution in [1.82, 2.24) is 0 Å². The van der Waals surface area contributed by atoms with E-state index in [1.54, 1.807) is 7.11 Å². The lowest BCUT2D eigenvalue weighted by Gasteiger charge is -2.68. The van der Waals surface area contributed by atoms with Gasteiger partial charge < -0.3 is 23.7 Å². The summed E-state index contributed by atoms with van der Waals surface area (Å²) in [5.74, 6) is -0.433. The first kappa shape index (κ1) is 24.6. The molecule has 4 rings (SSSR count). The molecule has 3 aliphatic heterocycles. The zero-order chi connectivity index (χ0) is 23.6. The maximum atomic E-state index is 12.3. The lowest BCUT2D eigenvalue weighted by Crippen LogP contribution is -2.75. The molecule has 3 saturated heterocycles. The minimum atomic E-state index is -1.16. The number of esters is 1. The van der Waals surface area contributed by atoms with Gasteiger partial charge in [0.05, 0.1) is 6.10 Å². The van der Waals surface area contributed by atoms with Crippen LogP contribution in [0.4, 0.5) is 0 Å². The molecule has 6 atom stereocenters. The number of methoxy groups -OCH3 is 1. The van der Waals surface area contributed by atoms with Crippen LogP contribution in [0.5, 0.6) is 0 Å². The molecule has 1 aliphatic carbocycles. The van der Waals surface area contributed by atoms with Gasteiger partial charge in [0.2, 0.25) is 0 Å². The molecule has 0 N–H and O–H groups in total. The Bertz CT molecular complexity index is 749. The average Bonchev–Trinajstić information content (AvgIpc) is 2.88. The van der Waals surface area contributed by atoms with Crippen molar-refractivity contribution in [2.45, 2.75) is 115 Å². The van der Waals surface area contributed by atoms with Gasteiger partial charge in [-0.1, -0.05) is 40.4 Å². The van der Waals surface area contributed by atoms with Crippen molar-refractivity contribution in [3.63, 3.8) is 0 Å². The molecule has 0 aromatic rings. The molecular weight excluding hydrogens is 424 g/mol. The molecule has 0 unspecified atom stereocenters. The molecule has 7 heteroatoms. The number of hydrogen-bond donors (Lipinski definition) is 0. The van der Waals surface area contributed by atoms with Crippen molar-refractivity contribution in [2.75, 3.05) is 20.5 Å². The minimum absolute atomic E-state index is 0.0953. The summed E-state index contributed by atoms with van der Waals surface area (Å²) in [5.41, 5.74) is -1.41. The Morgan fingerprint density at radius 2 is 1.84 bits per heavy atom. The van der Waals surface area contributed by atoms with E-state index in [-0.39, 0.29) is 35.6 Å². The zero-order valence-electron chi connectivity index (χ0n) is 21.5. The standard InChI is InChI=1S/C25H44O6Si/c1-21(2)16-24(27-5)12-11-22(3)18-9-10-20(26)30-23(18,4)15-19(25(21,22)31-24)29-17-28-13-14-32(6,7)8/h18-19H,9-17H2,1-8H3/t18-,19+,22-,23+,24+,25-/m1/s1. The molecule has 1 saturated carbocycles. The second kappa shape index (κ2) is 7.77. The molecule has 4 fully saturated rings. The van der Waals surface area contributed by atoms with Gasteiger partial charge in [0, 0.05) is 64.2 Å². The van der Waals surface area contributed by atoms with Crippen molar-refractivity contribution >= 4 is 14.0 Å². The molecule has 1 spiro atoms. The summed E-state index contributed by atoms with van der Waals surface area (Å²) in [6, 6.07) is 1.11. The van der Waals surface area contributed by atoms with Crippen LogP contribution in [0.15, 0.2) is 0 Å². The van der Waals surface area contributed by atoms with Gasteiger partial charge in [0.25, 0.3) is 0 Å². The fourth-order valence-corrected chi connectivity index (χ4v) is 8.59. The van der Waals surface area contributed by atoms with Crippen LogP contribution in [0.1, 0.15) is 66.2 Å². The van der Waals surface area contributed by atoms with Gasteiger partial charge in [-0.15, -0.1) is 0 Å². The molecule has 0 aromatic heterocycles. The average molecular weight is 469 g/mol. The van der Waals surface area contributed by atoms with E-state index in [1.165, 1.54) is 0 Å². The van der Waals surface area contributed by atoms with Crippen LogP contribution in [-0.4, -0.2) is 57.6 Å². The van der Waals surface area contributed by atoms with Crippen LogP contribution in [-0.2, 0) is 28.5 Å². The minimum Gasteiger partial charge on any atom is -0.459 e. The highest BCUT2D eigenvalue weighted by Crippen LogP contribution is 2.73. The number of hydrogen-bond acceptors (Lipinski definition) is 6. The predicted molar refractivity (Wildman–Crippen MR) is 125 cm³/mol. The SMILES string of the molecule is CO[C@@]12CC[C@]3(C)[C@H]4CCC(=O)O[C@@]4(C)C[C@H](OCOCC[Si](C)(C)C)[C@@]3(O1)C(C)(C)C2. The molecule has 0 amide bonds. The third kappa shape index (κ3) is 3.62. The van der Waals surface area contributed by atoms with E-state index in [1.807, 2.05) is 0 Å². The Labute approximate surface area is 195 Å². The molecule has 32 heavy (non-hydrogen) atoms. The van der Waals surface area contributed by atoms with E-state index in [4.69, 9.17) is 23.7 Å². The molecule has 0 radical (unpaired) electrons. The normalized spacial score (nSPS) is 45.2. The molecule has 4 aliphatic rings. The van der Waals surface area contributed by atoms with Crippen molar-refractivity contribution in [1.29, 1.82) is 0 Å². The van der Waals surface area contributed by atoms with Crippen molar-refractivity contribution < 1.29 is 28.5 Å². The molecular formula is C25H44O6Si. The highest BCUT2D eigenvalue weighted by molar-refractivity contribution is 6.76. The Kier molecular flexibility index (Phi) is 5.98. The Hall–Kier alpha value is -0.473. The summed E-state index contributed by atoms with van der Waals surface area (Å²) in [4.78, 5) is 12.3. The number of fused-ring (bicyclic) bond motifs is 3. The van der Waals surface area contributed by atoms with Crippen LogP contribution >= 0.6 is 0 Å². The summed E-state index contributed by atoms with van der Waals surface area (Å²) >= 11 is 0. The smallest absolute Gasteiger partial charge is 0.306 e. The van der Waals surface area contributed by atoms with Crippen LogP contribution in [0.3, 0.4) is 0 Å². The number of ether oxygens (including phenoxy) is 5. The van der Waals surface area contributed by atoms with Crippen LogP contribution < -0.4 is 0 Å². The monoisotopic (exact) mass is 468 g/mol. The highest BCUT2D eigenvalue weighted by Gasteiger charge is 2.79. The lowest BCUT2D eigenvalue weighted by atomic mass is 9.45. The van der Waals surface area contributed by atoms with Gasteiger partial charge in [-0.3, -0.25) is 4.79 Å². The first-order valence-corrected chi connectivity index (χ1v) is 16.1. The van der Waals surface area contributed by atoms with E-state index in [2.05, 4.69) is 47.3 Å². The van der Waals surface area contributed by atoms with Gasteiger partial charge in [-0.2, -0.15) is 0 Å². The van der Waals surface area contributed by atoms with Gasteiger partial charge in [-0.25, -0.2) is 0 Å². The third-order valence-electron chi connectivity index (χ3n) is 9.19. The second-order valence-electron chi connectivity index (χ2n) is 13.0. The number of carbonyl (C=O) groups is 1. The third-order valence-corrected chi connectivity index (χ3v) is 10.9. The Balaban J connectivity index is 1.66. The van der Waals surface area contributed by atoms with Crippen molar-refractivity contribution in [2.24, 2.45) is 16.7 Å². The van der Waals surface area contributed by atoms with E-state index >= 15 is 0 Å². The van der Waals surface area contributed by atoms with Gasteiger partial charge >= 0.3 is 5.97 Å². The topological polar surface area (TPSA) is 63.2 Å². The predicted octanol–water partition coefficient (Wildman–Crippen LogP) is 5.13. The maximum absolute atomic E-state index is 12.3. The quantitative estimate of drug-likeness (QED) is 0.223. The summed E-state index contributed by atoms with van der Waals surface area (Å²) in [6.07, 6.45) is 4.37. The molecule has 184 valence electrons. The summed E-state index contributed by atoms with van der Waals surface area (Å²) in [5, 5.41) is 0. The Morgan fingerprint density at radius 3 is 2.50 bits per heavy atom. The van der Waals surface area contributed by atoms with Crippen molar-refractivity contribution in [3.8, 4) is 0 Å². The molecule has 0 aromatic carbocycles. The highest BCUT2D eigenvalue weighted by atomic mass is 28.3. The largest absolute Gasteiger partial charge is 0.459 e. The number of rotatable bonds is 7. The van der Waals surface area contributed by atoms with Gasteiger partial charge in [-0.05, 0) is 25.8 Å². The van der Waals surface area contributed by atoms with Crippen LogP contribution in [0, 0.1) is 16.7 Å². The van der Waals surface area contributed by atoms with Crippen LogP contribution in [0.2, 0.25) is 25.7 Å². The molecule has 3 heterocycles. The van der Waals surface area contributed by atoms with Crippen LogP contribution in [0.25, 0.3) is 0 Å². The van der Waals surface area contributed by atoms with E-state index < -0.39 is 25.1 Å². The van der Waals surface area contributed by atoms with E-state index in [9.17, 15) is 4.79 Å². The Morgan fingerprint density at radius 1 is 1.12 bits per heavy atom. The fraction of sp³-hybridized carbons (Fsp3) is 0.960. The van der Waals surface area contributed by atoms with Gasteiger partial charge in [0.1, 0.15) is 18.0 Å². The van der Waals surface area contributed by atoms with Gasteiger partial charge in [0.15, 0.2) is 5.79 Å². The first-order chi connectivity index (χ1) is 14.7. The first-order valence-electron chi connectivity index (χ1n) is 12.4. The number of carbonyl (C=O) groups excluding carboxylic acids is 1. The van der Waals surface area contributed by atoms with E-state index in [0.717, 1.165) is 31.7 Å².